The molecule has 0 aromatic carbocycles. The van der Waals surface area contributed by atoms with Gasteiger partial charge in [-0.15, -0.1) is 11.8 Å². The van der Waals surface area contributed by atoms with Crippen LogP contribution in [-0.2, 0) is 0 Å². The quantitative estimate of drug-likeness (QED) is 0.470. The Hall–Kier alpha value is -1.30. The van der Waals surface area contributed by atoms with Crippen LogP contribution < -0.4 is 5.73 Å². The van der Waals surface area contributed by atoms with Crippen LogP contribution in [0.1, 0.15) is 13.3 Å². The van der Waals surface area contributed by atoms with E-state index in [1.807, 2.05) is 6.92 Å². The van der Waals surface area contributed by atoms with Crippen LogP contribution in [0.3, 0.4) is 0 Å². The third-order valence-electron chi connectivity index (χ3n) is 1.47. The lowest BCUT2D eigenvalue weighted by atomic mass is 10.4. The number of rotatable bonds is 4. The Morgan fingerprint density at radius 1 is 1.64 bits per heavy atom. The highest BCUT2D eigenvalue weighted by atomic mass is 32.2. The molecule has 0 radical (unpaired) electrons. The first-order chi connectivity index (χ1) is 6.63. The summed E-state index contributed by atoms with van der Waals surface area (Å²) < 4.78 is 0. The molecule has 0 atom stereocenters. The Morgan fingerprint density at radius 2 is 2.36 bits per heavy atom. The number of pyridine rings is 1. The number of hydrogen-bond donors (Lipinski definition) is 1. The molecule has 0 aliphatic carbocycles. The molecule has 1 heterocycles. The van der Waals surface area contributed by atoms with Gasteiger partial charge < -0.3 is 5.73 Å². The summed E-state index contributed by atoms with van der Waals surface area (Å²) in [6.45, 7) is 2.04. The molecule has 5 nitrogen and oxygen atoms in total. The molecule has 76 valence electrons. The second-order valence-corrected chi connectivity index (χ2v) is 3.81. The Balaban J connectivity index is 2.89. The van der Waals surface area contributed by atoms with Gasteiger partial charge in [-0.2, -0.15) is 0 Å². The molecule has 0 aliphatic heterocycles. The van der Waals surface area contributed by atoms with Crippen LogP contribution in [0, 0.1) is 10.1 Å². The molecule has 1 rings (SSSR count). The van der Waals surface area contributed by atoms with Gasteiger partial charge in [0.25, 0.3) is 5.69 Å². The van der Waals surface area contributed by atoms with E-state index in [4.69, 9.17) is 5.73 Å². The monoisotopic (exact) mass is 213 g/mol. The van der Waals surface area contributed by atoms with E-state index in [-0.39, 0.29) is 11.5 Å². The fourth-order valence-corrected chi connectivity index (χ4v) is 1.68. The van der Waals surface area contributed by atoms with Gasteiger partial charge in [0.1, 0.15) is 10.8 Å². The van der Waals surface area contributed by atoms with Crippen molar-refractivity contribution < 1.29 is 4.92 Å². The zero-order chi connectivity index (χ0) is 10.6. The van der Waals surface area contributed by atoms with Crippen LogP contribution in [-0.4, -0.2) is 15.7 Å². The van der Waals surface area contributed by atoms with Gasteiger partial charge in [0.15, 0.2) is 0 Å². The van der Waals surface area contributed by atoms with E-state index in [0.29, 0.717) is 5.03 Å². The second-order valence-electron chi connectivity index (χ2n) is 2.69. The molecule has 2 N–H and O–H groups in total. The molecule has 0 fully saturated rings. The van der Waals surface area contributed by atoms with E-state index in [1.54, 1.807) is 0 Å². The van der Waals surface area contributed by atoms with Crippen molar-refractivity contribution in [2.75, 3.05) is 11.5 Å². The maximum Gasteiger partial charge on any atom is 0.275 e. The number of nitrogens with zero attached hydrogens (tertiary/aromatic N) is 2. The first-order valence-electron chi connectivity index (χ1n) is 4.18. The number of thioether (sulfide) groups is 1. The smallest absolute Gasteiger partial charge is 0.275 e. The summed E-state index contributed by atoms with van der Waals surface area (Å²) in [5, 5.41) is 11.1. The number of hydrogen-bond acceptors (Lipinski definition) is 5. The molecule has 1 aromatic rings. The van der Waals surface area contributed by atoms with Crippen molar-refractivity contribution >= 4 is 23.3 Å². The minimum atomic E-state index is -0.464. The Bertz CT molecular complexity index is 343. The number of aromatic nitrogens is 1. The summed E-state index contributed by atoms with van der Waals surface area (Å²) in [6, 6.07) is 2.70. The highest BCUT2D eigenvalue weighted by Gasteiger charge is 2.09. The molecule has 0 bridgehead atoms. The van der Waals surface area contributed by atoms with E-state index in [1.165, 1.54) is 23.9 Å². The van der Waals surface area contributed by atoms with Crippen molar-refractivity contribution in [1.82, 2.24) is 4.98 Å². The number of anilines is 1. The van der Waals surface area contributed by atoms with Gasteiger partial charge in [0.05, 0.1) is 11.0 Å². The molecule has 1 aromatic heterocycles. The Kier molecular flexibility index (Phi) is 3.70. The van der Waals surface area contributed by atoms with Gasteiger partial charge >= 0.3 is 0 Å². The topological polar surface area (TPSA) is 82.0 Å². The summed E-state index contributed by atoms with van der Waals surface area (Å²) >= 11 is 1.47. The minimum Gasteiger partial charge on any atom is -0.383 e. The molecule has 0 saturated heterocycles. The zero-order valence-electron chi connectivity index (χ0n) is 7.77. The molecule has 0 spiro atoms. The molecular weight excluding hydrogens is 202 g/mol. The summed E-state index contributed by atoms with van der Waals surface area (Å²) in [6.07, 6.45) is 0.995. The largest absolute Gasteiger partial charge is 0.383 e. The average molecular weight is 213 g/mol. The molecular formula is C8H11N3O2S. The number of nitro groups is 1. The Labute approximate surface area is 85.9 Å². The maximum atomic E-state index is 10.5. The molecule has 0 saturated carbocycles. The van der Waals surface area contributed by atoms with Crippen LogP contribution >= 0.6 is 11.8 Å². The van der Waals surface area contributed by atoms with Crippen LogP contribution in [0.2, 0.25) is 0 Å². The summed E-state index contributed by atoms with van der Waals surface area (Å²) in [4.78, 5) is 14.0. The average Bonchev–Trinajstić information content (AvgIpc) is 2.14. The number of nitrogens with two attached hydrogens (primary N) is 1. The van der Waals surface area contributed by atoms with Crippen molar-refractivity contribution in [3.05, 3.63) is 22.2 Å². The van der Waals surface area contributed by atoms with E-state index in [2.05, 4.69) is 4.98 Å². The zero-order valence-corrected chi connectivity index (χ0v) is 8.58. The summed E-state index contributed by atoms with van der Waals surface area (Å²) in [5.74, 6) is 1.07. The number of nitrogen functional groups attached to an aromatic ring is 1. The predicted octanol–water partition coefficient (Wildman–Crippen LogP) is 2.07. The van der Waals surface area contributed by atoms with E-state index in [0.717, 1.165) is 12.2 Å². The lowest BCUT2D eigenvalue weighted by molar-refractivity contribution is -0.385. The lowest BCUT2D eigenvalue weighted by Gasteiger charge is -2.00. The van der Waals surface area contributed by atoms with Crippen LogP contribution in [0.25, 0.3) is 0 Å². The first-order valence-corrected chi connectivity index (χ1v) is 5.16. The third kappa shape index (κ3) is 2.88. The summed E-state index contributed by atoms with van der Waals surface area (Å²) in [5.41, 5.74) is 5.44. The SMILES string of the molecule is CCCSc1cc([N+](=O)[O-])cc(N)n1. The lowest BCUT2D eigenvalue weighted by Crippen LogP contribution is -1.96. The molecule has 0 unspecified atom stereocenters. The predicted molar refractivity (Wildman–Crippen MR) is 56.3 cm³/mol. The third-order valence-corrected chi connectivity index (χ3v) is 2.59. The molecule has 6 heteroatoms. The van der Waals surface area contributed by atoms with Crippen molar-refractivity contribution in [2.24, 2.45) is 0 Å². The van der Waals surface area contributed by atoms with Gasteiger partial charge in [0, 0.05) is 6.07 Å². The van der Waals surface area contributed by atoms with Crippen LogP contribution in [0.5, 0.6) is 0 Å². The molecule has 14 heavy (non-hydrogen) atoms. The highest BCUT2D eigenvalue weighted by Crippen LogP contribution is 2.23. The van der Waals surface area contributed by atoms with Crippen LogP contribution in [0.4, 0.5) is 11.5 Å². The van der Waals surface area contributed by atoms with Gasteiger partial charge in [-0.05, 0) is 12.2 Å². The van der Waals surface area contributed by atoms with Crippen LogP contribution in [0.15, 0.2) is 17.2 Å². The van der Waals surface area contributed by atoms with Gasteiger partial charge in [-0.3, -0.25) is 10.1 Å². The van der Waals surface area contributed by atoms with E-state index in [9.17, 15) is 10.1 Å². The van der Waals surface area contributed by atoms with Gasteiger partial charge in [-0.1, -0.05) is 6.92 Å². The Morgan fingerprint density at radius 3 is 2.93 bits per heavy atom. The van der Waals surface area contributed by atoms with Crippen molar-refractivity contribution in [2.45, 2.75) is 18.4 Å². The fraction of sp³-hybridized carbons (Fsp3) is 0.375. The first kappa shape index (κ1) is 10.8. The van der Waals surface area contributed by atoms with E-state index < -0.39 is 4.92 Å². The van der Waals surface area contributed by atoms with Crippen molar-refractivity contribution in [3.63, 3.8) is 0 Å². The normalized spacial score (nSPS) is 10.1. The molecule has 0 aliphatic rings. The van der Waals surface area contributed by atoms with Gasteiger partial charge in [0.2, 0.25) is 0 Å². The maximum absolute atomic E-state index is 10.5. The molecule has 0 amide bonds. The van der Waals surface area contributed by atoms with Crippen molar-refractivity contribution in [3.8, 4) is 0 Å². The standard InChI is InChI=1S/C8H11N3O2S/c1-2-3-14-8-5-6(11(12)13)4-7(9)10-8/h4-5H,2-3H2,1H3,(H2,9,10). The fourth-order valence-electron chi connectivity index (χ4n) is 0.897. The van der Waals surface area contributed by atoms with Gasteiger partial charge in [-0.25, -0.2) is 4.98 Å². The van der Waals surface area contributed by atoms with E-state index >= 15 is 0 Å². The minimum absolute atomic E-state index is 0.00361. The second kappa shape index (κ2) is 4.80. The van der Waals surface area contributed by atoms with Crippen molar-refractivity contribution in [1.29, 1.82) is 0 Å². The summed E-state index contributed by atoms with van der Waals surface area (Å²) in [7, 11) is 0. The highest BCUT2D eigenvalue weighted by molar-refractivity contribution is 7.99.